The van der Waals surface area contributed by atoms with Crippen LogP contribution in [0.2, 0.25) is 5.02 Å². The summed E-state index contributed by atoms with van der Waals surface area (Å²) in [5, 5.41) is 6.86. The van der Waals surface area contributed by atoms with Gasteiger partial charge in [0.1, 0.15) is 5.75 Å². The van der Waals surface area contributed by atoms with Crippen LogP contribution in [0.3, 0.4) is 0 Å². The Labute approximate surface area is 114 Å². The zero-order valence-corrected chi connectivity index (χ0v) is 11.1. The molecule has 7 heteroatoms. The Kier molecular flexibility index (Phi) is 4.01. The quantitative estimate of drug-likeness (QED) is 0.930. The molecule has 2 rings (SSSR count). The summed E-state index contributed by atoms with van der Waals surface area (Å²) in [4.78, 5) is 15.9. The minimum absolute atomic E-state index is 0.271. The molecule has 1 amide bonds. The third kappa shape index (κ3) is 3.03. The summed E-state index contributed by atoms with van der Waals surface area (Å²) >= 11 is 5.90. The second-order valence-electron chi connectivity index (χ2n) is 3.83. The van der Waals surface area contributed by atoms with Gasteiger partial charge in [0.15, 0.2) is 5.82 Å². The SMILES string of the molecule is COc1cc(C(=O)N[C@H](C)c2ncon2)ccc1Cl. The summed E-state index contributed by atoms with van der Waals surface area (Å²) in [5.41, 5.74) is 0.441. The van der Waals surface area contributed by atoms with E-state index in [2.05, 4.69) is 20.0 Å². The maximum absolute atomic E-state index is 12.0. The smallest absolute Gasteiger partial charge is 0.251 e. The molecular formula is C12H12ClN3O3. The predicted octanol–water partition coefficient (Wildman–Crippen LogP) is 2.22. The van der Waals surface area contributed by atoms with E-state index in [1.165, 1.54) is 13.5 Å². The van der Waals surface area contributed by atoms with E-state index in [1.54, 1.807) is 25.1 Å². The third-order valence-corrected chi connectivity index (χ3v) is 2.84. The van der Waals surface area contributed by atoms with Crippen molar-refractivity contribution in [2.24, 2.45) is 0 Å². The monoisotopic (exact) mass is 281 g/mol. The van der Waals surface area contributed by atoms with Gasteiger partial charge in [0, 0.05) is 5.56 Å². The van der Waals surface area contributed by atoms with Crippen molar-refractivity contribution < 1.29 is 14.1 Å². The standard InChI is InChI=1S/C12H12ClN3O3/c1-7(11-14-6-19-16-11)15-12(17)8-3-4-9(13)10(5-8)18-2/h3-7H,1-2H3,(H,15,17)/t7-/m1/s1. The molecule has 0 saturated heterocycles. The summed E-state index contributed by atoms with van der Waals surface area (Å²) in [7, 11) is 1.49. The molecule has 1 N–H and O–H groups in total. The van der Waals surface area contributed by atoms with E-state index in [1.807, 2.05) is 0 Å². The van der Waals surface area contributed by atoms with Crippen molar-refractivity contribution in [1.29, 1.82) is 0 Å². The lowest BCUT2D eigenvalue weighted by atomic mass is 10.2. The fourth-order valence-electron chi connectivity index (χ4n) is 1.52. The molecule has 100 valence electrons. The van der Waals surface area contributed by atoms with Gasteiger partial charge in [-0.2, -0.15) is 4.98 Å². The molecule has 0 unspecified atom stereocenters. The second-order valence-corrected chi connectivity index (χ2v) is 4.24. The number of hydrogen-bond acceptors (Lipinski definition) is 5. The number of halogens is 1. The van der Waals surface area contributed by atoms with Crippen LogP contribution in [0.25, 0.3) is 0 Å². The van der Waals surface area contributed by atoms with E-state index in [0.29, 0.717) is 22.2 Å². The zero-order valence-electron chi connectivity index (χ0n) is 10.4. The zero-order chi connectivity index (χ0) is 13.8. The number of nitrogens with zero attached hydrogens (tertiary/aromatic N) is 2. The minimum atomic E-state index is -0.354. The molecule has 0 saturated carbocycles. The van der Waals surface area contributed by atoms with Gasteiger partial charge in [-0.15, -0.1) is 0 Å². The van der Waals surface area contributed by atoms with Crippen LogP contribution in [0.4, 0.5) is 0 Å². The maximum Gasteiger partial charge on any atom is 0.251 e. The Morgan fingerprint density at radius 1 is 1.53 bits per heavy atom. The van der Waals surface area contributed by atoms with Gasteiger partial charge in [-0.25, -0.2) is 0 Å². The van der Waals surface area contributed by atoms with Crippen molar-refractivity contribution >= 4 is 17.5 Å². The van der Waals surface area contributed by atoms with Crippen LogP contribution >= 0.6 is 11.6 Å². The Hall–Kier alpha value is -2.08. The fourth-order valence-corrected chi connectivity index (χ4v) is 1.71. The number of ether oxygens (including phenoxy) is 1. The highest BCUT2D eigenvalue weighted by molar-refractivity contribution is 6.32. The van der Waals surface area contributed by atoms with E-state index < -0.39 is 0 Å². The van der Waals surface area contributed by atoms with Crippen LogP contribution in [-0.4, -0.2) is 23.2 Å². The van der Waals surface area contributed by atoms with Gasteiger partial charge in [0.05, 0.1) is 18.2 Å². The first kappa shape index (κ1) is 13.4. The van der Waals surface area contributed by atoms with Crippen molar-refractivity contribution in [3.05, 3.63) is 41.0 Å². The van der Waals surface area contributed by atoms with Gasteiger partial charge < -0.3 is 14.6 Å². The van der Waals surface area contributed by atoms with Crippen molar-refractivity contribution in [3.8, 4) is 5.75 Å². The molecule has 0 aliphatic rings. The number of carbonyl (C=O) groups is 1. The fraction of sp³-hybridized carbons (Fsp3) is 0.250. The van der Waals surface area contributed by atoms with Crippen LogP contribution in [0.1, 0.15) is 29.1 Å². The summed E-state index contributed by atoms with van der Waals surface area (Å²) in [5.74, 6) is 0.586. The van der Waals surface area contributed by atoms with Crippen molar-refractivity contribution in [2.75, 3.05) is 7.11 Å². The van der Waals surface area contributed by atoms with Gasteiger partial charge in [0.2, 0.25) is 6.39 Å². The van der Waals surface area contributed by atoms with Crippen LogP contribution in [-0.2, 0) is 0 Å². The van der Waals surface area contributed by atoms with E-state index in [0.717, 1.165) is 0 Å². The molecule has 2 aromatic rings. The number of methoxy groups -OCH3 is 1. The number of aromatic nitrogens is 2. The Bertz CT molecular complexity index is 572. The first-order valence-electron chi connectivity index (χ1n) is 5.52. The normalized spacial score (nSPS) is 11.9. The van der Waals surface area contributed by atoms with Gasteiger partial charge in [-0.05, 0) is 25.1 Å². The van der Waals surface area contributed by atoms with E-state index in [4.69, 9.17) is 16.3 Å². The number of rotatable bonds is 4. The van der Waals surface area contributed by atoms with Crippen molar-refractivity contribution in [3.63, 3.8) is 0 Å². The minimum Gasteiger partial charge on any atom is -0.495 e. The lowest BCUT2D eigenvalue weighted by molar-refractivity contribution is 0.0937. The molecule has 0 aliphatic heterocycles. The Balaban J connectivity index is 2.12. The summed E-state index contributed by atoms with van der Waals surface area (Å²) in [6.45, 7) is 1.76. The summed E-state index contributed by atoms with van der Waals surface area (Å²) in [6.07, 6.45) is 1.21. The van der Waals surface area contributed by atoms with Gasteiger partial charge in [-0.3, -0.25) is 4.79 Å². The number of carbonyl (C=O) groups excluding carboxylic acids is 1. The number of benzene rings is 1. The van der Waals surface area contributed by atoms with Crippen LogP contribution in [0.15, 0.2) is 29.1 Å². The molecule has 19 heavy (non-hydrogen) atoms. The van der Waals surface area contributed by atoms with Gasteiger partial charge >= 0.3 is 0 Å². The molecule has 0 spiro atoms. The average Bonchev–Trinajstić information content (AvgIpc) is 2.93. The van der Waals surface area contributed by atoms with Gasteiger partial charge in [-0.1, -0.05) is 16.8 Å². The molecule has 0 fully saturated rings. The van der Waals surface area contributed by atoms with Crippen LogP contribution < -0.4 is 10.1 Å². The first-order chi connectivity index (χ1) is 9.11. The average molecular weight is 282 g/mol. The molecule has 0 aliphatic carbocycles. The Morgan fingerprint density at radius 3 is 2.95 bits per heavy atom. The molecule has 0 radical (unpaired) electrons. The topological polar surface area (TPSA) is 77.2 Å². The van der Waals surface area contributed by atoms with Crippen molar-refractivity contribution in [1.82, 2.24) is 15.5 Å². The number of amides is 1. The predicted molar refractivity (Wildman–Crippen MR) is 68.2 cm³/mol. The third-order valence-electron chi connectivity index (χ3n) is 2.53. The molecular weight excluding hydrogens is 270 g/mol. The number of nitrogens with one attached hydrogen (secondary N) is 1. The molecule has 1 atom stereocenters. The molecule has 1 aromatic carbocycles. The highest BCUT2D eigenvalue weighted by atomic mass is 35.5. The van der Waals surface area contributed by atoms with E-state index in [-0.39, 0.29) is 11.9 Å². The molecule has 6 nitrogen and oxygen atoms in total. The van der Waals surface area contributed by atoms with Gasteiger partial charge in [0.25, 0.3) is 5.91 Å². The molecule has 1 heterocycles. The highest BCUT2D eigenvalue weighted by Crippen LogP contribution is 2.25. The highest BCUT2D eigenvalue weighted by Gasteiger charge is 2.15. The Morgan fingerprint density at radius 2 is 2.32 bits per heavy atom. The summed E-state index contributed by atoms with van der Waals surface area (Å²) < 4.78 is 9.69. The largest absolute Gasteiger partial charge is 0.495 e. The van der Waals surface area contributed by atoms with E-state index in [9.17, 15) is 4.79 Å². The molecule has 0 bridgehead atoms. The lowest BCUT2D eigenvalue weighted by Crippen LogP contribution is -2.27. The molecule has 1 aromatic heterocycles. The van der Waals surface area contributed by atoms with Crippen LogP contribution in [0, 0.1) is 0 Å². The maximum atomic E-state index is 12.0. The van der Waals surface area contributed by atoms with E-state index >= 15 is 0 Å². The van der Waals surface area contributed by atoms with Crippen molar-refractivity contribution in [2.45, 2.75) is 13.0 Å². The summed E-state index contributed by atoms with van der Waals surface area (Å²) in [6, 6.07) is 4.44. The van der Waals surface area contributed by atoms with Crippen LogP contribution in [0.5, 0.6) is 5.75 Å². The second kappa shape index (κ2) is 5.71. The first-order valence-corrected chi connectivity index (χ1v) is 5.90. The lowest BCUT2D eigenvalue weighted by Gasteiger charge is -2.11. The number of hydrogen-bond donors (Lipinski definition) is 1.